The van der Waals surface area contributed by atoms with Crippen LogP contribution < -0.4 is 0 Å². The Kier molecular flexibility index (Phi) is 3.59. The van der Waals surface area contributed by atoms with Crippen molar-refractivity contribution in [1.29, 1.82) is 0 Å². The Labute approximate surface area is 54.9 Å². The van der Waals surface area contributed by atoms with Crippen molar-refractivity contribution in [3.63, 3.8) is 0 Å². The summed E-state index contributed by atoms with van der Waals surface area (Å²) in [5.41, 5.74) is 0. The first kappa shape index (κ1) is 8.73. The first-order valence-corrected chi connectivity index (χ1v) is 4.50. The zero-order valence-corrected chi connectivity index (χ0v) is 6.47. The number of rotatable bonds is 3. The van der Waals surface area contributed by atoms with Crippen LogP contribution in [0.4, 0.5) is 0 Å². The molecule has 0 aromatic rings. The molecule has 1 N–H and O–H groups in total. The molecule has 0 radical (unpaired) electrons. The Morgan fingerprint density at radius 3 is 2.67 bits per heavy atom. The van der Waals surface area contributed by atoms with Gasteiger partial charge in [-0.2, -0.15) is 0 Å². The normalized spacial score (nSPS) is 17.7. The average Bonchev–Trinajstić information content (AvgIpc) is 1.84. The van der Waals surface area contributed by atoms with Crippen molar-refractivity contribution < 1.29 is 14.0 Å². The molecule has 0 aromatic carbocycles. The van der Waals surface area contributed by atoms with Gasteiger partial charge in [0.1, 0.15) is 0 Å². The summed E-state index contributed by atoms with van der Waals surface area (Å²) in [5.74, 6) is 0. The highest BCUT2D eigenvalue weighted by atomic mass is 31.2. The van der Waals surface area contributed by atoms with Crippen LogP contribution in [-0.2, 0) is 9.09 Å². The summed E-state index contributed by atoms with van der Waals surface area (Å²) >= 11 is 0. The van der Waals surface area contributed by atoms with Crippen LogP contribution in [0.1, 0.15) is 13.8 Å². The van der Waals surface area contributed by atoms with Crippen LogP contribution in [-0.4, -0.2) is 11.1 Å². The molecule has 1 atom stereocenters. The Morgan fingerprint density at radius 2 is 2.33 bits per heavy atom. The molecule has 9 heavy (non-hydrogen) atoms. The second-order valence-corrected chi connectivity index (χ2v) is 3.65. The fourth-order valence-electron chi connectivity index (χ4n) is 0.230. The van der Waals surface area contributed by atoms with Gasteiger partial charge in [-0.15, -0.1) is 0 Å². The topological polar surface area (TPSA) is 46.5 Å². The molecule has 0 aliphatic rings. The highest BCUT2D eigenvalue weighted by molar-refractivity contribution is 7.52. The standard InChI is InChI=1S/C5H11O3P/c1-3-5-8-9(6,7)4-2/h3,5H,4H2,1-2H3,(H,6,7). The third-order valence-corrected chi connectivity index (χ3v) is 2.01. The van der Waals surface area contributed by atoms with Crippen molar-refractivity contribution >= 4 is 7.60 Å². The van der Waals surface area contributed by atoms with Crippen LogP contribution in [0.3, 0.4) is 0 Å². The van der Waals surface area contributed by atoms with E-state index in [0.29, 0.717) is 0 Å². The number of hydrogen-bond donors (Lipinski definition) is 1. The van der Waals surface area contributed by atoms with E-state index in [1.54, 1.807) is 19.9 Å². The lowest BCUT2D eigenvalue weighted by Crippen LogP contribution is -1.83. The molecule has 0 aliphatic carbocycles. The van der Waals surface area contributed by atoms with Gasteiger partial charge in [-0.3, -0.25) is 0 Å². The van der Waals surface area contributed by atoms with E-state index in [0.717, 1.165) is 0 Å². The van der Waals surface area contributed by atoms with Crippen molar-refractivity contribution in [1.82, 2.24) is 0 Å². The fourth-order valence-corrected chi connectivity index (χ4v) is 0.691. The van der Waals surface area contributed by atoms with Gasteiger partial charge in [-0.1, -0.05) is 13.0 Å². The molecule has 0 aliphatic heterocycles. The van der Waals surface area contributed by atoms with Crippen molar-refractivity contribution in [2.45, 2.75) is 13.8 Å². The van der Waals surface area contributed by atoms with Gasteiger partial charge in [-0.25, -0.2) is 4.57 Å². The van der Waals surface area contributed by atoms with Crippen LogP contribution in [0.2, 0.25) is 0 Å². The molecular weight excluding hydrogens is 139 g/mol. The molecule has 54 valence electrons. The number of hydrogen-bond acceptors (Lipinski definition) is 2. The summed E-state index contributed by atoms with van der Waals surface area (Å²) in [6.45, 7) is 3.32. The molecule has 0 amide bonds. The van der Waals surface area contributed by atoms with Gasteiger partial charge in [-0.05, 0) is 6.92 Å². The zero-order chi connectivity index (χ0) is 7.33. The molecule has 0 saturated heterocycles. The predicted molar refractivity (Wildman–Crippen MR) is 36.3 cm³/mol. The monoisotopic (exact) mass is 150 g/mol. The molecule has 0 bridgehead atoms. The Hall–Kier alpha value is -0.270. The van der Waals surface area contributed by atoms with Crippen molar-refractivity contribution in [3.05, 3.63) is 12.3 Å². The minimum atomic E-state index is -3.28. The first-order chi connectivity index (χ1) is 4.12. The number of allylic oxidation sites excluding steroid dienone is 1. The summed E-state index contributed by atoms with van der Waals surface area (Å²) in [7, 11) is -3.28. The predicted octanol–water partition coefficient (Wildman–Crippen LogP) is 1.74. The minimum Gasteiger partial charge on any atom is -0.433 e. The molecule has 3 nitrogen and oxygen atoms in total. The van der Waals surface area contributed by atoms with E-state index in [1.807, 2.05) is 0 Å². The maximum Gasteiger partial charge on any atom is 0.375 e. The van der Waals surface area contributed by atoms with E-state index in [-0.39, 0.29) is 6.16 Å². The van der Waals surface area contributed by atoms with Gasteiger partial charge in [0.25, 0.3) is 0 Å². The van der Waals surface area contributed by atoms with Gasteiger partial charge in [0.05, 0.1) is 12.4 Å². The minimum absolute atomic E-state index is 0.150. The molecule has 0 fully saturated rings. The lowest BCUT2D eigenvalue weighted by molar-refractivity contribution is 0.349. The average molecular weight is 150 g/mol. The largest absolute Gasteiger partial charge is 0.433 e. The summed E-state index contributed by atoms with van der Waals surface area (Å²) in [4.78, 5) is 8.74. The summed E-state index contributed by atoms with van der Waals surface area (Å²) in [6.07, 6.45) is 2.94. The molecular formula is C5H11O3P. The maximum atomic E-state index is 10.6. The van der Waals surface area contributed by atoms with Crippen molar-refractivity contribution in [2.24, 2.45) is 0 Å². The van der Waals surface area contributed by atoms with E-state index in [2.05, 4.69) is 4.52 Å². The van der Waals surface area contributed by atoms with Gasteiger partial charge in [0, 0.05) is 0 Å². The quantitative estimate of drug-likeness (QED) is 0.492. The lowest BCUT2D eigenvalue weighted by Gasteiger charge is -2.05. The Bertz CT molecular complexity index is 141. The van der Waals surface area contributed by atoms with Crippen LogP contribution in [0.25, 0.3) is 0 Å². The van der Waals surface area contributed by atoms with Crippen LogP contribution in [0, 0.1) is 0 Å². The molecule has 4 heteroatoms. The second-order valence-electron chi connectivity index (χ2n) is 1.53. The van der Waals surface area contributed by atoms with Crippen molar-refractivity contribution in [3.8, 4) is 0 Å². The first-order valence-electron chi connectivity index (χ1n) is 2.73. The molecule has 0 saturated carbocycles. The van der Waals surface area contributed by atoms with E-state index in [1.165, 1.54) is 6.26 Å². The summed E-state index contributed by atoms with van der Waals surface area (Å²) < 4.78 is 15.1. The van der Waals surface area contributed by atoms with Gasteiger partial charge in [0.15, 0.2) is 0 Å². The highest BCUT2D eigenvalue weighted by Crippen LogP contribution is 2.41. The van der Waals surface area contributed by atoms with E-state index < -0.39 is 7.60 Å². The molecule has 0 rings (SSSR count). The van der Waals surface area contributed by atoms with Crippen LogP contribution in [0.5, 0.6) is 0 Å². The third kappa shape index (κ3) is 4.25. The SMILES string of the molecule is CC=COP(=O)(O)CC. The second kappa shape index (κ2) is 3.70. The van der Waals surface area contributed by atoms with Gasteiger partial charge < -0.3 is 9.42 Å². The Balaban J connectivity index is 3.73. The highest BCUT2D eigenvalue weighted by Gasteiger charge is 2.13. The molecule has 1 unspecified atom stereocenters. The van der Waals surface area contributed by atoms with Gasteiger partial charge in [0.2, 0.25) is 0 Å². The van der Waals surface area contributed by atoms with E-state index in [4.69, 9.17) is 4.89 Å². The molecule has 0 spiro atoms. The smallest absolute Gasteiger partial charge is 0.375 e. The van der Waals surface area contributed by atoms with E-state index in [9.17, 15) is 4.57 Å². The summed E-state index contributed by atoms with van der Waals surface area (Å²) in [6, 6.07) is 0. The summed E-state index contributed by atoms with van der Waals surface area (Å²) in [5, 5.41) is 0. The lowest BCUT2D eigenvalue weighted by atomic mass is 10.8. The third-order valence-electron chi connectivity index (χ3n) is 0.761. The molecule has 0 heterocycles. The van der Waals surface area contributed by atoms with E-state index >= 15 is 0 Å². The maximum absolute atomic E-state index is 10.6. The Morgan fingerprint density at radius 1 is 1.78 bits per heavy atom. The molecule has 0 aromatic heterocycles. The van der Waals surface area contributed by atoms with Crippen LogP contribution >= 0.6 is 7.60 Å². The van der Waals surface area contributed by atoms with Gasteiger partial charge >= 0.3 is 7.60 Å². The zero-order valence-electron chi connectivity index (χ0n) is 5.57. The van der Waals surface area contributed by atoms with Crippen molar-refractivity contribution in [2.75, 3.05) is 6.16 Å². The van der Waals surface area contributed by atoms with Crippen LogP contribution in [0.15, 0.2) is 12.3 Å². The fraction of sp³-hybridized carbons (Fsp3) is 0.600.